The monoisotopic (exact) mass is 279 g/mol. The molecular weight excluding hydrogens is 250 g/mol. The van der Waals surface area contributed by atoms with E-state index in [1.165, 1.54) is 11.1 Å². The number of ether oxygens (including phenoxy) is 2. The molecule has 1 aromatic carbocycles. The van der Waals surface area contributed by atoms with E-state index in [9.17, 15) is 0 Å². The van der Waals surface area contributed by atoms with Crippen LogP contribution in [0.5, 0.6) is 5.75 Å². The van der Waals surface area contributed by atoms with Crippen molar-refractivity contribution in [1.82, 2.24) is 5.32 Å². The highest BCUT2D eigenvalue weighted by Gasteiger charge is 2.11. The quantitative estimate of drug-likeness (QED) is 0.660. The third kappa shape index (κ3) is 5.93. The van der Waals surface area contributed by atoms with Gasteiger partial charge in [0, 0.05) is 31.2 Å². The van der Waals surface area contributed by atoms with E-state index in [-0.39, 0.29) is 0 Å². The van der Waals surface area contributed by atoms with Gasteiger partial charge in [-0.1, -0.05) is 19.1 Å². The molecule has 1 atom stereocenters. The third-order valence-electron chi connectivity index (χ3n) is 3.23. The Morgan fingerprint density at radius 2 is 2.00 bits per heavy atom. The van der Waals surface area contributed by atoms with E-state index in [1.807, 2.05) is 6.92 Å². The van der Waals surface area contributed by atoms with Gasteiger partial charge in [-0.3, -0.25) is 0 Å². The van der Waals surface area contributed by atoms with Gasteiger partial charge < -0.3 is 14.8 Å². The highest BCUT2D eigenvalue weighted by molar-refractivity contribution is 5.39. The van der Waals surface area contributed by atoms with Crippen LogP contribution >= 0.6 is 0 Å². The van der Waals surface area contributed by atoms with Crippen molar-refractivity contribution >= 4 is 0 Å². The number of nitrogens with one attached hydrogen (secondary N) is 1. The van der Waals surface area contributed by atoms with Gasteiger partial charge in [0.1, 0.15) is 5.75 Å². The molecule has 0 saturated carbocycles. The summed E-state index contributed by atoms with van der Waals surface area (Å²) in [5, 5.41) is 3.51. The van der Waals surface area contributed by atoms with E-state index in [0.717, 1.165) is 38.3 Å². The van der Waals surface area contributed by atoms with Crippen molar-refractivity contribution in [3.8, 4) is 5.75 Å². The fraction of sp³-hybridized carbons (Fsp3) is 0.647. The van der Waals surface area contributed by atoms with Crippen molar-refractivity contribution in [2.75, 3.05) is 26.4 Å². The predicted octanol–water partition coefficient (Wildman–Crippen LogP) is 3.86. The lowest BCUT2D eigenvalue weighted by Gasteiger charge is -2.19. The lowest BCUT2D eigenvalue weighted by molar-refractivity contribution is 0.130. The molecule has 3 heteroatoms. The first-order valence-corrected chi connectivity index (χ1v) is 7.73. The highest BCUT2D eigenvalue weighted by atomic mass is 16.5. The zero-order valence-corrected chi connectivity index (χ0v) is 13.4. The first-order valence-electron chi connectivity index (χ1n) is 7.73. The minimum absolute atomic E-state index is 0.317. The Balaban J connectivity index is 2.60. The summed E-state index contributed by atoms with van der Waals surface area (Å²) in [6.07, 6.45) is 2.07. The molecule has 1 aromatic rings. The summed E-state index contributed by atoms with van der Waals surface area (Å²) >= 11 is 0. The molecule has 0 radical (unpaired) electrons. The van der Waals surface area contributed by atoms with Crippen LogP contribution in [-0.4, -0.2) is 26.4 Å². The molecule has 0 aliphatic carbocycles. The average Bonchev–Trinajstić information content (AvgIpc) is 2.44. The molecule has 3 nitrogen and oxygen atoms in total. The molecule has 0 fully saturated rings. The van der Waals surface area contributed by atoms with Gasteiger partial charge in [-0.2, -0.15) is 0 Å². The summed E-state index contributed by atoms with van der Waals surface area (Å²) in [6, 6.07) is 6.75. The predicted molar refractivity (Wildman–Crippen MR) is 84.5 cm³/mol. The second-order valence-electron chi connectivity index (χ2n) is 5.12. The number of hydrogen-bond acceptors (Lipinski definition) is 3. The van der Waals surface area contributed by atoms with Gasteiger partial charge in [-0.15, -0.1) is 0 Å². The summed E-state index contributed by atoms with van der Waals surface area (Å²) in [5.74, 6) is 0.998. The normalized spacial score (nSPS) is 12.4. The molecule has 0 aliphatic heterocycles. The van der Waals surface area contributed by atoms with Crippen LogP contribution < -0.4 is 10.1 Å². The highest BCUT2D eigenvalue weighted by Crippen LogP contribution is 2.26. The molecule has 0 aliphatic rings. The van der Waals surface area contributed by atoms with Crippen LogP contribution in [0.4, 0.5) is 0 Å². The van der Waals surface area contributed by atoms with Crippen LogP contribution in [-0.2, 0) is 4.74 Å². The van der Waals surface area contributed by atoms with E-state index in [2.05, 4.69) is 44.3 Å². The zero-order valence-electron chi connectivity index (χ0n) is 13.4. The Kier molecular flexibility index (Phi) is 8.31. The standard InChI is InChI=1S/C17H29NO2/c1-5-10-18-15(4)16-9-8-14(3)13-17(16)20-12-7-11-19-6-2/h8-9,13,15,18H,5-7,10-12H2,1-4H3. The maximum atomic E-state index is 5.95. The molecule has 1 unspecified atom stereocenters. The summed E-state index contributed by atoms with van der Waals surface area (Å²) in [6.45, 7) is 11.7. The first-order chi connectivity index (χ1) is 9.69. The lowest BCUT2D eigenvalue weighted by atomic mass is 10.0. The Hall–Kier alpha value is -1.06. The van der Waals surface area contributed by atoms with Crippen LogP contribution in [0.3, 0.4) is 0 Å². The minimum atomic E-state index is 0.317. The van der Waals surface area contributed by atoms with Crippen molar-refractivity contribution in [3.63, 3.8) is 0 Å². The van der Waals surface area contributed by atoms with E-state index in [0.29, 0.717) is 12.6 Å². The second kappa shape index (κ2) is 9.78. The van der Waals surface area contributed by atoms with Crippen molar-refractivity contribution < 1.29 is 9.47 Å². The van der Waals surface area contributed by atoms with Crippen molar-refractivity contribution in [1.29, 1.82) is 0 Å². The maximum absolute atomic E-state index is 5.95. The Bertz CT molecular complexity index is 379. The fourth-order valence-electron chi connectivity index (χ4n) is 2.08. The van der Waals surface area contributed by atoms with Gasteiger partial charge >= 0.3 is 0 Å². The minimum Gasteiger partial charge on any atom is -0.493 e. The van der Waals surface area contributed by atoms with Crippen LogP contribution in [0.1, 0.15) is 50.8 Å². The van der Waals surface area contributed by atoms with Gasteiger partial charge in [0.25, 0.3) is 0 Å². The van der Waals surface area contributed by atoms with Gasteiger partial charge in [0.05, 0.1) is 6.61 Å². The van der Waals surface area contributed by atoms with Crippen LogP contribution in [0, 0.1) is 6.92 Å². The Labute approximate surface area is 123 Å². The van der Waals surface area contributed by atoms with E-state index < -0.39 is 0 Å². The van der Waals surface area contributed by atoms with Gasteiger partial charge in [-0.25, -0.2) is 0 Å². The van der Waals surface area contributed by atoms with Crippen LogP contribution in [0.15, 0.2) is 18.2 Å². The number of rotatable bonds is 10. The van der Waals surface area contributed by atoms with Crippen molar-refractivity contribution in [3.05, 3.63) is 29.3 Å². The van der Waals surface area contributed by atoms with Crippen LogP contribution in [0.25, 0.3) is 0 Å². The topological polar surface area (TPSA) is 30.5 Å². The lowest BCUT2D eigenvalue weighted by Crippen LogP contribution is -2.20. The molecule has 0 heterocycles. The van der Waals surface area contributed by atoms with E-state index in [4.69, 9.17) is 9.47 Å². The van der Waals surface area contributed by atoms with Crippen molar-refractivity contribution in [2.45, 2.75) is 46.6 Å². The van der Waals surface area contributed by atoms with Crippen molar-refractivity contribution in [2.24, 2.45) is 0 Å². The van der Waals surface area contributed by atoms with Crippen LogP contribution in [0.2, 0.25) is 0 Å². The summed E-state index contributed by atoms with van der Waals surface area (Å²) in [7, 11) is 0. The van der Waals surface area contributed by atoms with E-state index >= 15 is 0 Å². The molecule has 114 valence electrons. The zero-order chi connectivity index (χ0) is 14.8. The smallest absolute Gasteiger partial charge is 0.124 e. The molecule has 1 N–H and O–H groups in total. The maximum Gasteiger partial charge on any atom is 0.124 e. The molecule has 0 aromatic heterocycles. The number of aryl methyl sites for hydroxylation is 1. The third-order valence-corrected chi connectivity index (χ3v) is 3.23. The molecule has 1 rings (SSSR count). The van der Waals surface area contributed by atoms with Gasteiger partial charge in [0.2, 0.25) is 0 Å². The summed E-state index contributed by atoms with van der Waals surface area (Å²) in [4.78, 5) is 0. The second-order valence-corrected chi connectivity index (χ2v) is 5.12. The molecular formula is C17H29NO2. The van der Waals surface area contributed by atoms with Gasteiger partial charge in [0.15, 0.2) is 0 Å². The fourth-order valence-corrected chi connectivity index (χ4v) is 2.08. The molecule has 20 heavy (non-hydrogen) atoms. The summed E-state index contributed by atoms with van der Waals surface area (Å²) < 4.78 is 11.3. The molecule has 0 spiro atoms. The Morgan fingerprint density at radius 1 is 1.20 bits per heavy atom. The average molecular weight is 279 g/mol. The molecule has 0 bridgehead atoms. The number of hydrogen-bond donors (Lipinski definition) is 1. The molecule has 0 saturated heterocycles. The van der Waals surface area contributed by atoms with Gasteiger partial charge in [-0.05, 0) is 45.4 Å². The first kappa shape index (κ1) is 17.0. The van der Waals surface area contributed by atoms with E-state index in [1.54, 1.807) is 0 Å². The number of benzene rings is 1. The summed E-state index contributed by atoms with van der Waals surface area (Å²) in [5.41, 5.74) is 2.47. The molecule has 0 amide bonds. The Morgan fingerprint density at radius 3 is 2.70 bits per heavy atom. The SMILES string of the molecule is CCCNC(C)c1ccc(C)cc1OCCCOCC. The largest absolute Gasteiger partial charge is 0.493 e.